The van der Waals surface area contributed by atoms with Crippen LogP contribution in [0.15, 0.2) is 65.6 Å². The number of para-hydroxylation sites is 1. The molecular weight excluding hydrogens is 411 g/mol. The lowest BCUT2D eigenvalue weighted by molar-refractivity contribution is -0.141. The zero-order chi connectivity index (χ0) is 20.8. The third-order valence-electron chi connectivity index (χ3n) is 4.21. The molecule has 11 heteroatoms. The van der Waals surface area contributed by atoms with E-state index in [1.807, 2.05) is 0 Å². The Kier molecular flexibility index (Phi) is 4.34. The standard InChI is InChI=1S/C18H12F3N3O4S/c19-18(20,21)15-10-16(24(22-15)12-6-2-1-3-7-12)28-11-23-17(25)13-8-4-5-9-14(13)29(23,26)27/h1-10H,11H2. The second-order valence-electron chi connectivity index (χ2n) is 6.04. The van der Waals surface area contributed by atoms with E-state index in [0.717, 1.165) is 4.68 Å². The third kappa shape index (κ3) is 3.23. The van der Waals surface area contributed by atoms with Crippen molar-refractivity contribution in [3.8, 4) is 11.6 Å². The van der Waals surface area contributed by atoms with Gasteiger partial charge in [0.1, 0.15) is 4.90 Å². The Hall–Kier alpha value is -3.34. The van der Waals surface area contributed by atoms with Crippen molar-refractivity contribution in [1.29, 1.82) is 0 Å². The van der Waals surface area contributed by atoms with Gasteiger partial charge in [0.05, 0.1) is 11.3 Å². The van der Waals surface area contributed by atoms with Gasteiger partial charge in [-0.15, -0.1) is 0 Å². The average molecular weight is 423 g/mol. The molecule has 1 aromatic heterocycles. The van der Waals surface area contributed by atoms with Crippen LogP contribution in [0.1, 0.15) is 16.1 Å². The number of nitrogens with zero attached hydrogens (tertiary/aromatic N) is 3. The minimum absolute atomic E-state index is 0.0244. The minimum atomic E-state index is -4.73. The first kappa shape index (κ1) is 19.0. The summed E-state index contributed by atoms with van der Waals surface area (Å²) >= 11 is 0. The van der Waals surface area contributed by atoms with Crippen LogP contribution in [0, 0.1) is 0 Å². The molecule has 150 valence electrons. The quantitative estimate of drug-likeness (QED) is 0.644. The topological polar surface area (TPSA) is 81.5 Å². The molecule has 2 heterocycles. The van der Waals surface area contributed by atoms with Gasteiger partial charge in [-0.1, -0.05) is 30.3 Å². The van der Waals surface area contributed by atoms with Crippen molar-refractivity contribution in [2.24, 2.45) is 0 Å². The molecule has 0 saturated carbocycles. The second-order valence-corrected chi connectivity index (χ2v) is 7.87. The lowest BCUT2D eigenvalue weighted by Crippen LogP contribution is -2.34. The van der Waals surface area contributed by atoms with Crippen LogP contribution in [-0.4, -0.2) is 35.1 Å². The molecule has 0 aliphatic carbocycles. The van der Waals surface area contributed by atoms with E-state index in [9.17, 15) is 26.4 Å². The number of hydrogen-bond donors (Lipinski definition) is 0. The van der Waals surface area contributed by atoms with Crippen LogP contribution in [0.5, 0.6) is 5.88 Å². The fraction of sp³-hybridized carbons (Fsp3) is 0.111. The minimum Gasteiger partial charge on any atom is -0.455 e. The lowest BCUT2D eigenvalue weighted by atomic mass is 10.2. The molecule has 0 radical (unpaired) electrons. The third-order valence-corrected chi connectivity index (χ3v) is 5.97. The van der Waals surface area contributed by atoms with Crippen molar-refractivity contribution >= 4 is 15.9 Å². The highest BCUT2D eigenvalue weighted by molar-refractivity contribution is 7.90. The van der Waals surface area contributed by atoms with Crippen LogP contribution in [-0.2, 0) is 16.2 Å². The van der Waals surface area contributed by atoms with Crippen LogP contribution < -0.4 is 4.74 Å². The maximum Gasteiger partial charge on any atom is 0.435 e. The molecule has 3 aromatic rings. The molecule has 1 aliphatic heterocycles. The van der Waals surface area contributed by atoms with Gasteiger partial charge in [-0.3, -0.25) is 4.79 Å². The van der Waals surface area contributed by atoms with E-state index in [-0.39, 0.29) is 22.0 Å². The summed E-state index contributed by atoms with van der Waals surface area (Å²) in [6.07, 6.45) is -4.73. The second kappa shape index (κ2) is 6.62. The summed E-state index contributed by atoms with van der Waals surface area (Å²) in [6.45, 7) is -0.800. The summed E-state index contributed by atoms with van der Waals surface area (Å²) in [5.74, 6) is -1.18. The molecule has 0 spiro atoms. The number of aromatic nitrogens is 2. The number of hydrogen-bond acceptors (Lipinski definition) is 5. The zero-order valence-electron chi connectivity index (χ0n) is 14.5. The maximum absolute atomic E-state index is 13.1. The van der Waals surface area contributed by atoms with Crippen molar-refractivity contribution in [3.63, 3.8) is 0 Å². The first-order valence-electron chi connectivity index (χ1n) is 8.21. The largest absolute Gasteiger partial charge is 0.455 e. The average Bonchev–Trinajstić information content (AvgIpc) is 3.20. The number of benzene rings is 2. The van der Waals surface area contributed by atoms with Gasteiger partial charge in [-0.25, -0.2) is 13.1 Å². The summed E-state index contributed by atoms with van der Waals surface area (Å²) in [7, 11) is -4.16. The highest BCUT2D eigenvalue weighted by Crippen LogP contribution is 2.33. The van der Waals surface area contributed by atoms with E-state index in [2.05, 4.69) is 5.10 Å². The smallest absolute Gasteiger partial charge is 0.435 e. The molecule has 0 unspecified atom stereocenters. The molecule has 2 aromatic carbocycles. The van der Waals surface area contributed by atoms with Gasteiger partial charge in [-0.2, -0.15) is 22.6 Å². The van der Waals surface area contributed by atoms with Crippen molar-refractivity contribution in [1.82, 2.24) is 14.1 Å². The molecule has 0 bridgehead atoms. The molecule has 1 aliphatic rings. The predicted molar refractivity (Wildman–Crippen MR) is 93.9 cm³/mol. The Morgan fingerprint density at radius 3 is 2.31 bits per heavy atom. The summed E-state index contributed by atoms with van der Waals surface area (Å²) in [6, 6.07) is 14.1. The molecule has 0 N–H and O–H groups in total. The number of rotatable bonds is 4. The molecular formula is C18H12F3N3O4S. The monoisotopic (exact) mass is 423 g/mol. The molecule has 29 heavy (non-hydrogen) atoms. The van der Waals surface area contributed by atoms with Gasteiger partial charge in [0.25, 0.3) is 15.9 Å². The normalized spacial score (nSPS) is 15.4. The number of fused-ring (bicyclic) bond motifs is 1. The van der Waals surface area contributed by atoms with Gasteiger partial charge in [0.15, 0.2) is 12.4 Å². The molecule has 1 amide bonds. The number of ether oxygens (including phenoxy) is 1. The molecule has 7 nitrogen and oxygen atoms in total. The Bertz CT molecular complexity index is 1190. The maximum atomic E-state index is 13.1. The van der Waals surface area contributed by atoms with Gasteiger partial charge in [-0.05, 0) is 24.3 Å². The van der Waals surface area contributed by atoms with E-state index in [1.54, 1.807) is 18.2 Å². The summed E-state index contributed by atoms with van der Waals surface area (Å²) < 4.78 is 71.1. The van der Waals surface area contributed by atoms with E-state index in [1.165, 1.54) is 36.4 Å². The fourth-order valence-electron chi connectivity index (χ4n) is 2.84. The van der Waals surface area contributed by atoms with Gasteiger partial charge in [0.2, 0.25) is 5.88 Å². The number of carbonyl (C=O) groups excluding carboxylic acids is 1. The van der Waals surface area contributed by atoms with E-state index in [0.29, 0.717) is 10.4 Å². The van der Waals surface area contributed by atoms with E-state index < -0.39 is 34.5 Å². The number of carbonyl (C=O) groups is 1. The van der Waals surface area contributed by atoms with Gasteiger partial charge >= 0.3 is 6.18 Å². The molecule has 0 atom stereocenters. The molecule has 4 rings (SSSR count). The Labute approximate surface area is 163 Å². The Morgan fingerprint density at radius 2 is 1.66 bits per heavy atom. The van der Waals surface area contributed by atoms with Gasteiger partial charge < -0.3 is 4.74 Å². The van der Waals surface area contributed by atoms with Crippen LogP contribution in [0.3, 0.4) is 0 Å². The van der Waals surface area contributed by atoms with Crippen LogP contribution in [0.2, 0.25) is 0 Å². The highest BCUT2D eigenvalue weighted by Gasteiger charge is 2.42. The van der Waals surface area contributed by atoms with E-state index >= 15 is 0 Å². The SMILES string of the molecule is O=C1c2ccccc2S(=O)(=O)N1COc1cc(C(F)(F)F)nn1-c1ccccc1. The number of halogens is 3. The van der Waals surface area contributed by atoms with Gasteiger partial charge in [0, 0.05) is 6.07 Å². The Morgan fingerprint density at radius 1 is 1.00 bits per heavy atom. The zero-order valence-corrected chi connectivity index (χ0v) is 15.3. The van der Waals surface area contributed by atoms with Crippen molar-refractivity contribution < 1.29 is 31.1 Å². The molecule has 0 saturated heterocycles. The van der Waals surface area contributed by atoms with Crippen molar-refractivity contribution in [2.45, 2.75) is 11.1 Å². The lowest BCUT2D eigenvalue weighted by Gasteiger charge is -2.16. The number of sulfonamides is 1. The van der Waals surface area contributed by atoms with Crippen LogP contribution in [0.25, 0.3) is 5.69 Å². The summed E-state index contributed by atoms with van der Waals surface area (Å²) in [5.41, 5.74) is -0.962. The number of alkyl halides is 3. The van der Waals surface area contributed by atoms with Crippen molar-refractivity contribution in [3.05, 3.63) is 71.9 Å². The number of amides is 1. The van der Waals surface area contributed by atoms with Crippen molar-refractivity contribution in [2.75, 3.05) is 6.73 Å². The Balaban J connectivity index is 1.67. The predicted octanol–water partition coefficient (Wildman–Crippen LogP) is 3.07. The molecule has 0 fully saturated rings. The van der Waals surface area contributed by atoms with E-state index in [4.69, 9.17) is 4.74 Å². The summed E-state index contributed by atoms with van der Waals surface area (Å²) in [4.78, 5) is 12.2. The van der Waals surface area contributed by atoms with Crippen LogP contribution in [0.4, 0.5) is 13.2 Å². The first-order valence-corrected chi connectivity index (χ1v) is 9.65. The van der Waals surface area contributed by atoms with Crippen LogP contribution >= 0.6 is 0 Å². The highest BCUT2D eigenvalue weighted by atomic mass is 32.2. The first-order chi connectivity index (χ1) is 13.7. The fourth-order valence-corrected chi connectivity index (χ4v) is 4.27. The summed E-state index contributed by atoms with van der Waals surface area (Å²) in [5, 5.41) is 3.51.